The van der Waals surface area contributed by atoms with Gasteiger partial charge in [0.1, 0.15) is 5.69 Å². The number of carbonyl (C=O) groups excluding carboxylic acids is 1. The first-order chi connectivity index (χ1) is 8.59. The number of pyridine rings is 2. The van der Waals surface area contributed by atoms with Crippen molar-refractivity contribution in [1.29, 1.82) is 0 Å². The van der Waals surface area contributed by atoms with E-state index in [0.717, 1.165) is 0 Å². The fourth-order valence-electron chi connectivity index (χ4n) is 1.38. The minimum absolute atomic E-state index is 0.308. The molecule has 0 aromatic carbocycles. The summed E-state index contributed by atoms with van der Waals surface area (Å²) >= 11 is 9.33. The average Bonchev–Trinajstić information content (AvgIpc) is 2.35. The van der Waals surface area contributed by atoms with Gasteiger partial charge in [-0.25, -0.2) is 4.98 Å². The van der Waals surface area contributed by atoms with Crippen molar-refractivity contribution in [2.45, 2.75) is 6.92 Å². The molecule has 2 aromatic heterocycles. The second-order valence-corrected chi connectivity index (χ2v) is 4.78. The Bertz CT molecular complexity index is 604. The maximum absolute atomic E-state index is 12.0. The first-order valence-corrected chi connectivity index (χ1v) is 6.29. The summed E-state index contributed by atoms with van der Waals surface area (Å²) in [6.07, 6.45) is 3.14. The van der Waals surface area contributed by atoms with Gasteiger partial charge in [0.15, 0.2) is 0 Å². The lowest BCUT2D eigenvalue weighted by molar-refractivity contribution is 0.102. The van der Waals surface area contributed by atoms with Crippen LogP contribution in [-0.2, 0) is 0 Å². The molecule has 0 spiro atoms. The van der Waals surface area contributed by atoms with E-state index in [0.29, 0.717) is 26.6 Å². The molecule has 0 bridgehead atoms. The SMILES string of the molecule is Cc1nccc(NC(=O)c2ncccc2Br)c1Cl. The number of nitrogens with zero attached hydrogens (tertiary/aromatic N) is 2. The summed E-state index contributed by atoms with van der Waals surface area (Å²) in [7, 11) is 0. The highest BCUT2D eigenvalue weighted by Gasteiger charge is 2.13. The van der Waals surface area contributed by atoms with E-state index in [1.807, 2.05) is 0 Å². The number of aromatic nitrogens is 2. The van der Waals surface area contributed by atoms with Crippen LogP contribution >= 0.6 is 27.5 Å². The highest BCUT2D eigenvalue weighted by Crippen LogP contribution is 2.24. The fourth-order valence-corrected chi connectivity index (χ4v) is 1.97. The molecule has 2 rings (SSSR count). The minimum atomic E-state index is -0.324. The van der Waals surface area contributed by atoms with Crippen LogP contribution in [0, 0.1) is 6.92 Å². The molecule has 1 amide bonds. The van der Waals surface area contributed by atoms with E-state index >= 15 is 0 Å². The molecule has 0 radical (unpaired) electrons. The normalized spacial score (nSPS) is 10.2. The standard InChI is InChI=1S/C12H9BrClN3O/c1-7-10(14)9(4-6-15-7)17-12(18)11-8(13)3-2-5-16-11/h2-6H,1H3,(H,15,17,18). The van der Waals surface area contributed by atoms with Crippen molar-refractivity contribution in [2.75, 3.05) is 5.32 Å². The lowest BCUT2D eigenvalue weighted by atomic mass is 10.3. The van der Waals surface area contributed by atoms with Gasteiger partial charge in [0.05, 0.1) is 16.4 Å². The van der Waals surface area contributed by atoms with E-state index in [9.17, 15) is 4.79 Å². The van der Waals surface area contributed by atoms with E-state index in [1.165, 1.54) is 0 Å². The van der Waals surface area contributed by atoms with Crippen LogP contribution in [0.3, 0.4) is 0 Å². The average molecular weight is 327 g/mol. The van der Waals surface area contributed by atoms with Gasteiger partial charge < -0.3 is 5.32 Å². The molecule has 0 saturated heterocycles. The number of amides is 1. The number of anilines is 1. The molecule has 0 aliphatic heterocycles. The third-order valence-corrected chi connectivity index (χ3v) is 3.40. The molecule has 0 aliphatic rings. The molecule has 0 aliphatic carbocycles. The Morgan fingerprint density at radius 1 is 1.33 bits per heavy atom. The highest BCUT2D eigenvalue weighted by atomic mass is 79.9. The van der Waals surface area contributed by atoms with Crippen molar-refractivity contribution >= 4 is 39.1 Å². The number of halogens is 2. The molecule has 4 nitrogen and oxygen atoms in total. The summed E-state index contributed by atoms with van der Waals surface area (Å²) in [5.74, 6) is -0.324. The van der Waals surface area contributed by atoms with Gasteiger partial charge in [-0.15, -0.1) is 0 Å². The van der Waals surface area contributed by atoms with E-state index in [1.54, 1.807) is 37.5 Å². The van der Waals surface area contributed by atoms with Gasteiger partial charge >= 0.3 is 0 Å². The zero-order valence-corrected chi connectivity index (χ0v) is 11.8. The Kier molecular flexibility index (Phi) is 3.93. The third kappa shape index (κ3) is 2.68. The largest absolute Gasteiger partial charge is 0.319 e. The number of hydrogen-bond acceptors (Lipinski definition) is 3. The Balaban J connectivity index is 2.27. The zero-order chi connectivity index (χ0) is 13.1. The van der Waals surface area contributed by atoms with Crippen LogP contribution in [0.25, 0.3) is 0 Å². The third-order valence-electron chi connectivity index (χ3n) is 2.29. The molecule has 92 valence electrons. The van der Waals surface area contributed by atoms with Gasteiger partial charge in [-0.1, -0.05) is 11.6 Å². The van der Waals surface area contributed by atoms with E-state index in [4.69, 9.17) is 11.6 Å². The predicted molar refractivity (Wildman–Crippen MR) is 73.9 cm³/mol. The van der Waals surface area contributed by atoms with Crippen LogP contribution in [0.1, 0.15) is 16.2 Å². The lowest BCUT2D eigenvalue weighted by Crippen LogP contribution is -2.14. The van der Waals surface area contributed by atoms with Gasteiger partial charge in [-0.3, -0.25) is 9.78 Å². The van der Waals surface area contributed by atoms with Crippen molar-refractivity contribution in [3.63, 3.8) is 0 Å². The van der Waals surface area contributed by atoms with E-state index < -0.39 is 0 Å². The lowest BCUT2D eigenvalue weighted by Gasteiger charge is -2.08. The number of carbonyl (C=O) groups is 1. The van der Waals surface area contributed by atoms with E-state index in [2.05, 4.69) is 31.2 Å². The van der Waals surface area contributed by atoms with Crippen LogP contribution in [0.15, 0.2) is 35.1 Å². The monoisotopic (exact) mass is 325 g/mol. The Morgan fingerprint density at radius 3 is 2.83 bits per heavy atom. The van der Waals surface area contributed by atoms with Gasteiger partial charge in [-0.05, 0) is 41.1 Å². The van der Waals surface area contributed by atoms with Crippen LogP contribution in [0.2, 0.25) is 5.02 Å². The predicted octanol–water partition coefficient (Wildman–Crippen LogP) is 3.45. The van der Waals surface area contributed by atoms with Crippen molar-refractivity contribution < 1.29 is 4.79 Å². The summed E-state index contributed by atoms with van der Waals surface area (Å²) < 4.78 is 0.629. The maximum atomic E-state index is 12.0. The number of aryl methyl sites for hydroxylation is 1. The van der Waals surface area contributed by atoms with Gasteiger partial charge in [0.25, 0.3) is 5.91 Å². The summed E-state index contributed by atoms with van der Waals surface area (Å²) in [5, 5.41) is 3.13. The first kappa shape index (κ1) is 13.0. The van der Waals surface area contributed by atoms with Gasteiger partial charge in [-0.2, -0.15) is 0 Å². The topological polar surface area (TPSA) is 54.9 Å². The molecular formula is C12H9BrClN3O. The zero-order valence-electron chi connectivity index (χ0n) is 9.45. The van der Waals surface area contributed by atoms with Gasteiger partial charge in [0, 0.05) is 16.9 Å². The number of hydrogen-bond donors (Lipinski definition) is 1. The molecule has 0 fully saturated rings. The molecule has 2 heterocycles. The first-order valence-electron chi connectivity index (χ1n) is 5.12. The Labute approximate surface area is 118 Å². The number of nitrogens with one attached hydrogen (secondary N) is 1. The van der Waals surface area contributed by atoms with Crippen LogP contribution in [0.5, 0.6) is 0 Å². The summed E-state index contributed by atoms with van der Waals surface area (Å²) in [6.45, 7) is 1.77. The van der Waals surface area contributed by atoms with Crippen molar-refractivity contribution in [3.8, 4) is 0 Å². The van der Waals surface area contributed by atoms with Crippen LogP contribution in [0.4, 0.5) is 5.69 Å². The van der Waals surface area contributed by atoms with Gasteiger partial charge in [0.2, 0.25) is 0 Å². The maximum Gasteiger partial charge on any atom is 0.275 e. The van der Waals surface area contributed by atoms with Crippen LogP contribution in [-0.4, -0.2) is 15.9 Å². The van der Waals surface area contributed by atoms with Crippen molar-refractivity contribution in [2.24, 2.45) is 0 Å². The molecule has 18 heavy (non-hydrogen) atoms. The van der Waals surface area contributed by atoms with Crippen molar-refractivity contribution in [1.82, 2.24) is 9.97 Å². The van der Waals surface area contributed by atoms with Crippen LogP contribution < -0.4 is 5.32 Å². The van der Waals surface area contributed by atoms with Crippen molar-refractivity contribution in [3.05, 3.63) is 51.5 Å². The molecule has 0 unspecified atom stereocenters. The highest BCUT2D eigenvalue weighted by molar-refractivity contribution is 9.10. The minimum Gasteiger partial charge on any atom is -0.319 e. The second-order valence-electron chi connectivity index (χ2n) is 3.55. The Morgan fingerprint density at radius 2 is 2.11 bits per heavy atom. The number of rotatable bonds is 2. The molecule has 0 saturated carbocycles. The molecule has 2 aromatic rings. The second kappa shape index (κ2) is 5.46. The molecule has 0 atom stereocenters. The summed E-state index contributed by atoms with van der Waals surface area (Å²) in [6, 6.07) is 5.13. The smallest absolute Gasteiger partial charge is 0.275 e. The quantitative estimate of drug-likeness (QED) is 0.919. The summed E-state index contributed by atoms with van der Waals surface area (Å²) in [4.78, 5) is 20.1. The summed E-state index contributed by atoms with van der Waals surface area (Å²) in [5.41, 5.74) is 1.49. The molecule has 1 N–H and O–H groups in total. The Hall–Kier alpha value is -1.46. The fraction of sp³-hybridized carbons (Fsp3) is 0.0833. The molecular weight excluding hydrogens is 318 g/mol. The molecule has 6 heteroatoms. The van der Waals surface area contributed by atoms with E-state index in [-0.39, 0.29) is 5.91 Å².